The molecule has 0 saturated heterocycles. The SMILES string of the molecule is CCCCC(=O)OC1=CC=C/C(=[N+](\OC)c2c([NH2+]OC)cccc2OC(=O)CCCC)C1. The van der Waals surface area contributed by atoms with Crippen molar-refractivity contribution in [3.8, 4) is 5.75 Å². The van der Waals surface area contributed by atoms with Crippen LogP contribution in [0.5, 0.6) is 5.75 Å². The summed E-state index contributed by atoms with van der Waals surface area (Å²) in [4.78, 5) is 35.3. The monoisotopic (exact) mass is 446 g/mol. The van der Waals surface area contributed by atoms with Crippen molar-refractivity contribution < 1.29 is 39.0 Å². The molecule has 32 heavy (non-hydrogen) atoms. The van der Waals surface area contributed by atoms with Crippen LogP contribution in [-0.4, -0.2) is 36.6 Å². The summed E-state index contributed by atoms with van der Waals surface area (Å²) in [5.74, 6) is 0.319. The number of esters is 2. The number of allylic oxidation sites excluding steroid dienone is 4. The van der Waals surface area contributed by atoms with Crippen molar-refractivity contribution in [1.29, 1.82) is 0 Å². The van der Waals surface area contributed by atoms with Gasteiger partial charge in [-0.2, -0.15) is 5.48 Å². The molecule has 0 aliphatic heterocycles. The third kappa shape index (κ3) is 7.32. The molecule has 0 atom stereocenters. The molecule has 1 aliphatic rings. The highest BCUT2D eigenvalue weighted by Gasteiger charge is 2.32. The maximum Gasteiger partial charge on any atom is 0.362 e. The van der Waals surface area contributed by atoms with Gasteiger partial charge in [0.2, 0.25) is 17.1 Å². The number of nitrogens with zero attached hydrogens (tertiary/aromatic N) is 1. The van der Waals surface area contributed by atoms with E-state index in [9.17, 15) is 9.59 Å². The van der Waals surface area contributed by atoms with Crippen molar-refractivity contribution in [1.82, 2.24) is 0 Å². The minimum Gasteiger partial charge on any atom is -0.430 e. The number of carbonyl (C=O) groups excluding carboxylic acids is 2. The number of hydrogen-bond acceptors (Lipinski definition) is 6. The van der Waals surface area contributed by atoms with Crippen LogP contribution in [0, 0.1) is 0 Å². The average molecular weight is 447 g/mol. The highest BCUT2D eigenvalue weighted by molar-refractivity contribution is 5.95. The van der Waals surface area contributed by atoms with Crippen LogP contribution in [-0.2, 0) is 24.0 Å². The maximum atomic E-state index is 12.3. The van der Waals surface area contributed by atoms with Crippen LogP contribution in [0.3, 0.4) is 0 Å². The van der Waals surface area contributed by atoms with Crippen LogP contribution in [0.4, 0.5) is 11.4 Å². The predicted molar refractivity (Wildman–Crippen MR) is 120 cm³/mol. The number of hydrogen-bond donors (Lipinski definition) is 1. The summed E-state index contributed by atoms with van der Waals surface area (Å²) in [6.45, 7) is 4.05. The maximum absolute atomic E-state index is 12.3. The molecule has 1 aromatic carbocycles. The lowest BCUT2D eigenvalue weighted by Crippen LogP contribution is -2.76. The van der Waals surface area contributed by atoms with Crippen molar-refractivity contribution in [3.63, 3.8) is 0 Å². The molecular formula is C24H34N2O6+2. The van der Waals surface area contributed by atoms with Gasteiger partial charge >= 0.3 is 17.6 Å². The Labute approximate surface area is 189 Å². The topological polar surface area (TPSA) is 90.7 Å². The number of quaternary nitrogens is 1. The van der Waals surface area contributed by atoms with Crippen LogP contribution < -0.4 is 10.2 Å². The van der Waals surface area contributed by atoms with Crippen LogP contribution in [0.1, 0.15) is 58.8 Å². The molecule has 1 aromatic rings. The summed E-state index contributed by atoms with van der Waals surface area (Å²) in [5.41, 5.74) is 3.47. The smallest absolute Gasteiger partial charge is 0.362 e. The first-order chi connectivity index (χ1) is 15.5. The van der Waals surface area contributed by atoms with Gasteiger partial charge in [-0.3, -0.25) is 14.4 Å². The lowest BCUT2D eigenvalue weighted by atomic mass is 10.1. The number of para-hydroxylation sites is 1. The largest absolute Gasteiger partial charge is 0.430 e. The fourth-order valence-corrected chi connectivity index (χ4v) is 3.20. The van der Waals surface area contributed by atoms with E-state index >= 15 is 0 Å². The van der Waals surface area contributed by atoms with E-state index in [0.717, 1.165) is 31.4 Å². The Morgan fingerprint density at radius 3 is 2.34 bits per heavy atom. The lowest BCUT2D eigenvalue weighted by Gasteiger charge is -2.13. The van der Waals surface area contributed by atoms with Gasteiger partial charge in [-0.15, -0.1) is 0 Å². The zero-order valence-corrected chi connectivity index (χ0v) is 19.4. The van der Waals surface area contributed by atoms with Crippen molar-refractivity contribution in [2.45, 2.75) is 58.8 Å². The lowest BCUT2D eigenvalue weighted by molar-refractivity contribution is -0.835. The Kier molecular flexibility index (Phi) is 10.6. The molecule has 0 fully saturated rings. The molecule has 0 bridgehead atoms. The summed E-state index contributed by atoms with van der Waals surface area (Å²) in [5, 5.41) is 0. The molecule has 1 aliphatic carbocycles. The van der Waals surface area contributed by atoms with Crippen LogP contribution >= 0.6 is 0 Å². The normalized spacial score (nSPS) is 14.6. The third-order valence-electron chi connectivity index (χ3n) is 4.79. The minimum absolute atomic E-state index is 0.254. The van der Waals surface area contributed by atoms with Crippen molar-refractivity contribution in [2.75, 3.05) is 14.2 Å². The third-order valence-corrected chi connectivity index (χ3v) is 4.79. The molecule has 0 saturated carbocycles. The summed E-state index contributed by atoms with van der Waals surface area (Å²) in [6.07, 6.45) is 9.84. The van der Waals surface area contributed by atoms with Crippen molar-refractivity contribution in [3.05, 3.63) is 42.2 Å². The molecule has 0 heterocycles. The average Bonchev–Trinajstić information content (AvgIpc) is 2.79. The first-order valence-corrected chi connectivity index (χ1v) is 11.0. The Hall–Kier alpha value is -2.97. The summed E-state index contributed by atoms with van der Waals surface area (Å²) in [7, 11) is 3.07. The fourth-order valence-electron chi connectivity index (χ4n) is 3.20. The Balaban J connectivity index is 2.38. The van der Waals surface area contributed by atoms with E-state index < -0.39 is 0 Å². The molecule has 0 spiro atoms. The van der Waals surface area contributed by atoms with E-state index in [1.54, 1.807) is 41.6 Å². The number of rotatable bonds is 12. The van der Waals surface area contributed by atoms with Gasteiger partial charge in [0.1, 0.15) is 12.9 Å². The van der Waals surface area contributed by atoms with Gasteiger partial charge in [-0.05, 0) is 25.0 Å². The summed E-state index contributed by atoms with van der Waals surface area (Å²) >= 11 is 0. The van der Waals surface area contributed by atoms with E-state index in [-0.39, 0.29) is 11.9 Å². The summed E-state index contributed by atoms with van der Waals surface area (Å²) < 4.78 is 12.8. The molecule has 8 nitrogen and oxygen atoms in total. The number of benzene rings is 1. The number of ether oxygens (including phenoxy) is 2. The molecule has 2 N–H and O–H groups in total. The second kappa shape index (κ2) is 13.4. The zero-order valence-electron chi connectivity index (χ0n) is 19.4. The number of unbranched alkanes of at least 4 members (excludes halogenated alkanes) is 2. The van der Waals surface area contributed by atoms with Crippen molar-refractivity contribution >= 4 is 29.0 Å². The second-order valence-electron chi connectivity index (χ2n) is 7.34. The first-order valence-electron chi connectivity index (χ1n) is 11.0. The Bertz CT molecular complexity index is 888. The summed E-state index contributed by atoms with van der Waals surface area (Å²) in [6, 6.07) is 5.34. The minimum atomic E-state index is -0.312. The standard InChI is InChI=1S/C24H33N2O6/c1-5-7-15-22(27)31-19-12-9-11-18(17-19)26(30-4)24-20(25-29-3)13-10-14-21(24)32-23(28)16-8-6-2/h9-14,25H,5-8,15-17H2,1-4H3/q+1/p+1/b26-18+. The van der Waals surface area contributed by atoms with Gasteiger partial charge in [0.05, 0.1) is 13.5 Å². The van der Waals surface area contributed by atoms with Crippen LogP contribution in [0.15, 0.2) is 42.2 Å². The molecule has 8 heteroatoms. The van der Waals surface area contributed by atoms with Gasteiger partial charge in [-0.25, -0.2) is 4.84 Å². The quantitative estimate of drug-likeness (QED) is 0.173. The van der Waals surface area contributed by atoms with Gasteiger partial charge < -0.3 is 9.47 Å². The molecule has 0 radical (unpaired) electrons. The molecule has 0 amide bonds. The van der Waals surface area contributed by atoms with E-state index in [0.29, 0.717) is 42.1 Å². The Morgan fingerprint density at radius 2 is 1.72 bits per heavy atom. The highest BCUT2D eigenvalue weighted by Crippen LogP contribution is 2.34. The van der Waals surface area contributed by atoms with Crippen LogP contribution in [0.2, 0.25) is 0 Å². The molecule has 174 valence electrons. The predicted octanol–water partition coefficient (Wildman–Crippen LogP) is 3.76. The van der Waals surface area contributed by atoms with Gasteiger partial charge in [0, 0.05) is 29.7 Å². The number of nitrogens with two attached hydrogens (primary N) is 1. The van der Waals surface area contributed by atoms with Gasteiger partial charge in [-0.1, -0.05) is 38.8 Å². The molecule has 2 rings (SSSR count). The number of carbonyl (C=O) groups is 2. The van der Waals surface area contributed by atoms with E-state index in [2.05, 4.69) is 0 Å². The molecule has 0 unspecified atom stereocenters. The van der Waals surface area contributed by atoms with E-state index in [1.165, 1.54) is 7.11 Å². The second-order valence-corrected chi connectivity index (χ2v) is 7.34. The zero-order chi connectivity index (χ0) is 23.3. The van der Waals surface area contributed by atoms with Gasteiger partial charge in [0.15, 0.2) is 0 Å². The van der Waals surface area contributed by atoms with E-state index in [4.69, 9.17) is 19.1 Å². The Morgan fingerprint density at radius 1 is 1.03 bits per heavy atom. The first kappa shape index (κ1) is 25.3. The van der Waals surface area contributed by atoms with Crippen LogP contribution in [0.25, 0.3) is 0 Å². The highest BCUT2D eigenvalue weighted by atomic mass is 16.7. The molecule has 0 aromatic heterocycles. The van der Waals surface area contributed by atoms with Gasteiger partial charge in [0.25, 0.3) is 0 Å². The van der Waals surface area contributed by atoms with E-state index in [1.807, 2.05) is 26.0 Å². The van der Waals surface area contributed by atoms with Crippen molar-refractivity contribution in [2.24, 2.45) is 0 Å². The fraction of sp³-hybridized carbons (Fsp3) is 0.458. The molecular weight excluding hydrogens is 412 g/mol.